The van der Waals surface area contributed by atoms with Gasteiger partial charge in [0.25, 0.3) is 0 Å². The second kappa shape index (κ2) is 4.19. The van der Waals surface area contributed by atoms with Crippen LogP contribution in [0.5, 0.6) is 11.5 Å². The van der Waals surface area contributed by atoms with Crippen molar-refractivity contribution in [2.75, 3.05) is 14.2 Å². The highest BCUT2D eigenvalue weighted by molar-refractivity contribution is 6.10. The first kappa shape index (κ1) is 11.9. The molecule has 0 unspecified atom stereocenters. The molecule has 0 atom stereocenters. The van der Waals surface area contributed by atoms with E-state index >= 15 is 0 Å². The lowest BCUT2D eigenvalue weighted by atomic mass is 10.0. The van der Waals surface area contributed by atoms with Gasteiger partial charge in [-0.15, -0.1) is 0 Å². The van der Waals surface area contributed by atoms with E-state index in [2.05, 4.69) is 31.0 Å². The Morgan fingerprint density at radius 3 is 2.21 bits per heavy atom. The van der Waals surface area contributed by atoms with Gasteiger partial charge in [-0.1, -0.05) is 12.1 Å². The van der Waals surface area contributed by atoms with Crippen molar-refractivity contribution >= 4 is 21.8 Å². The monoisotopic (exact) mass is 255 g/mol. The number of benzene rings is 2. The van der Waals surface area contributed by atoms with Crippen LogP contribution in [0.3, 0.4) is 0 Å². The third-order valence-electron chi connectivity index (χ3n) is 3.67. The van der Waals surface area contributed by atoms with Gasteiger partial charge in [0.1, 0.15) is 0 Å². The van der Waals surface area contributed by atoms with Crippen LogP contribution in [0.1, 0.15) is 11.1 Å². The van der Waals surface area contributed by atoms with E-state index in [9.17, 15) is 0 Å². The summed E-state index contributed by atoms with van der Waals surface area (Å²) in [6.45, 7) is 4.25. The number of aryl methyl sites for hydroxylation is 2. The van der Waals surface area contributed by atoms with Crippen molar-refractivity contribution in [3.05, 3.63) is 35.4 Å². The number of aromatic nitrogens is 1. The van der Waals surface area contributed by atoms with Gasteiger partial charge in [0.05, 0.1) is 19.7 Å². The third kappa shape index (κ3) is 1.65. The topological polar surface area (TPSA) is 34.2 Å². The highest BCUT2D eigenvalue weighted by Gasteiger charge is 2.13. The summed E-state index contributed by atoms with van der Waals surface area (Å²) in [4.78, 5) is 3.48. The van der Waals surface area contributed by atoms with Gasteiger partial charge in [0.2, 0.25) is 0 Å². The molecule has 19 heavy (non-hydrogen) atoms. The maximum atomic E-state index is 5.39. The summed E-state index contributed by atoms with van der Waals surface area (Å²) in [5.74, 6) is 1.51. The molecule has 0 saturated heterocycles. The predicted octanol–water partition coefficient (Wildman–Crippen LogP) is 3.96. The molecule has 1 aromatic heterocycles. The summed E-state index contributed by atoms with van der Waals surface area (Å²) in [7, 11) is 3.32. The molecular formula is C16H17NO2. The van der Waals surface area contributed by atoms with Crippen LogP contribution >= 0.6 is 0 Å². The van der Waals surface area contributed by atoms with Gasteiger partial charge in [-0.05, 0) is 31.0 Å². The minimum Gasteiger partial charge on any atom is -0.493 e. The fourth-order valence-corrected chi connectivity index (χ4v) is 2.64. The maximum absolute atomic E-state index is 5.39. The molecule has 3 rings (SSSR count). The highest BCUT2D eigenvalue weighted by Crippen LogP contribution is 2.37. The Balaban J connectivity index is 2.48. The number of H-pyrrole nitrogens is 1. The Morgan fingerprint density at radius 2 is 1.53 bits per heavy atom. The minimum absolute atomic E-state index is 0.747. The molecule has 1 heterocycles. The van der Waals surface area contributed by atoms with E-state index in [0.717, 1.165) is 17.0 Å². The van der Waals surface area contributed by atoms with Gasteiger partial charge >= 0.3 is 0 Å². The van der Waals surface area contributed by atoms with Crippen molar-refractivity contribution in [3.8, 4) is 11.5 Å². The smallest absolute Gasteiger partial charge is 0.162 e. The number of hydrogen-bond donors (Lipinski definition) is 1. The molecular weight excluding hydrogens is 238 g/mol. The van der Waals surface area contributed by atoms with E-state index in [1.807, 2.05) is 12.1 Å². The van der Waals surface area contributed by atoms with E-state index in [-0.39, 0.29) is 0 Å². The van der Waals surface area contributed by atoms with Crippen molar-refractivity contribution in [1.82, 2.24) is 4.98 Å². The lowest BCUT2D eigenvalue weighted by Crippen LogP contribution is -1.89. The Kier molecular flexibility index (Phi) is 2.63. The minimum atomic E-state index is 0.747. The molecule has 0 bridgehead atoms. The molecule has 0 fully saturated rings. The molecule has 98 valence electrons. The SMILES string of the molecule is COc1cc2[nH]c3c(C)ccc(C)c3c2cc1OC. The van der Waals surface area contributed by atoms with E-state index in [0.29, 0.717) is 0 Å². The molecule has 0 spiro atoms. The molecule has 3 aromatic rings. The summed E-state index contributed by atoms with van der Waals surface area (Å²) in [6, 6.07) is 8.33. The third-order valence-corrected chi connectivity index (χ3v) is 3.67. The zero-order chi connectivity index (χ0) is 13.6. The van der Waals surface area contributed by atoms with E-state index in [4.69, 9.17) is 9.47 Å². The van der Waals surface area contributed by atoms with Crippen LogP contribution in [0.25, 0.3) is 21.8 Å². The van der Waals surface area contributed by atoms with Crippen LogP contribution in [0.2, 0.25) is 0 Å². The quantitative estimate of drug-likeness (QED) is 0.752. The highest BCUT2D eigenvalue weighted by atomic mass is 16.5. The Morgan fingerprint density at radius 1 is 0.895 bits per heavy atom. The summed E-state index contributed by atoms with van der Waals surface area (Å²) >= 11 is 0. The van der Waals surface area contributed by atoms with Crippen LogP contribution in [-0.2, 0) is 0 Å². The lowest BCUT2D eigenvalue weighted by molar-refractivity contribution is 0.356. The van der Waals surface area contributed by atoms with Crippen LogP contribution in [0, 0.1) is 13.8 Å². The van der Waals surface area contributed by atoms with Crippen molar-refractivity contribution in [3.63, 3.8) is 0 Å². The van der Waals surface area contributed by atoms with Crippen molar-refractivity contribution < 1.29 is 9.47 Å². The van der Waals surface area contributed by atoms with Gasteiger partial charge in [0, 0.05) is 22.4 Å². The number of rotatable bonds is 2. The van der Waals surface area contributed by atoms with E-state index in [1.54, 1.807) is 14.2 Å². The summed E-state index contributed by atoms with van der Waals surface area (Å²) in [5.41, 5.74) is 4.77. The molecule has 0 amide bonds. The van der Waals surface area contributed by atoms with Gasteiger partial charge in [-0.25, -0.2) is 0 Å². The molecule has 0 aliphatic rings. The summed E-state index contributed by atoms with van der Waals surface area (Å²) in [6.07, 6.45) is 0. The normalized spacial score (nSPS) is 11.2. The molecule has 0 aliphatic carbocycles. The molecule has 2 aromatic carbocycles. The molecule has 0 aliphatic heterocycles. The molecule has 3 heteroatoms. The van der Waals surface area contributed by atoms with Crippen molar-refractivity contribution in [1.29, 1.82) is 0 Å². The van der Waals surface area contributed by atoms with Crippen LogP contribution < -0.4 is 9.47 Å². The van der Waals surface area contributed by atoms with Crippen LogP contribution in [0.15, 0.2) is 24.3 Å². The number of methoxy groups -OCH3 is 2. The second-order valence-corrected chi connectivity index (χ2v) is 4.83. The zero-order valence-corrected chi connectivity index (χ0v) is 11.6. The zero-order valence-electron chi connectivity index (χ0n) is 11.6. The molecule has 3 nitrogen and oxygen atoms in total. The first-order valence-corrected chi connectivity index (χ1v) is 6.29. The Hall–Kier alpha value is -2.16. The van der Waals surface area contributed by atoms with Gasteiger partial charge in [-0.2, -0.15) is 0 Å². The fraction of sp³-hybridized carbons (Fsp3) is 0.250. The maximum Gasteiger partial charge on any atom is 0.162 e. The molecule has 1 N–H and O–H groups in total. The second-order valence-electron chi connectivity index (χ2n) is 4.83. The van der Waals surface area contributed by atoms with Crippen molar-refractivity contribution in [2.24, 2.45) is 0 Å². The van der Waals surface area contributed by atoms with Gasteiger partial charge in [0.15, 0.2) is 11.5 Å². The lowest BCUT2D eigenvalue weighted by Gasteiger charge is -2.07. The standard InChI is InChI=1S/C16H17NO2/c1-9-5-6-10(2)16-15(9)11-7-13(18-3)14(19-4)8-12(11)17-16/h5-8,17H,1-4H3. The van der Waals surface area contributed by atoms with E-state index in [1.165, 1.54) is 27.4 Å². The van der Waals surface area contributed by atoms with E-state index < -0.39 is 0 Å². The Bertz CT molecular complexity index is 771. The number of ether oxygens (including phenoxy) is 2. The molecule has 0 radical (unpaired) electrons. The predicted molar refractivity (Wildman–Crippen MR) is 78.4 cm³/mol. The summed E-state index contributed by atoms with van der Waals surface area (Å²) < 4.78 is 10.7. The summed E-state index contributed by atoms with van der Waals surface area (Å²) in [5, 5.41) is 2.44. The largest absolute Gasteiger partial charge is 0.493 e. The van der Waals surface area contributed by atoms with Crippen LogP contribution in [0.4, 0.5) is 0 Å². The number of nitrogens with one attached hydrogen (secondary N) is 1. The van der Waals surface area contributed by atoms with Crippen LogP contribution in [-0.4, -0.2) is 19.2 Å². The first-order valence-electron chi connectivity index (χ1n) is 6.29. The van der Waals surface area contributed by atoms with Gasteiger partial charge < -0.3 is 14.5 Å². The average molecular weight is 255 g/mol. The Labute approximate surface area is 112 Å². The average Bonchev–Trinajstić information content (AvgIpc) is 2.80. The number of aromatic amines is 1. The molecule has 0 saturated carbocycles. The van der Waals surface area contributed by atoms with Gasteiger partial charge in [-0.3, -0.25) is 0 Å². The number of fused-ring (bicyclic) bond motifs is 3. The number of hydrogen-bond acceptors (Lipinski definition) is 2. The first-order chi connectivity index (χ1) is 9.15. The van der Waals surface area contributed by atoms with Crippen molar-refractivity contribution in [2.45, 2.75) is 13.8 Å². The fourth-order valence-electron chi connectivity index (χ4n) is 2.64.